The Morgan fingerprint density at radius 1 is 1.46 bits per heavy atom. The minimum Gasteiger partial charge on any atom is -0.299 e. The molecular formula is C11H13NO. The van der Waals surface area contributed by atoms with Gasteiger partial charge < -0.3 is 0 Å². The summed E-state index contributed by atoms with van der Waals surface area (Å²) in [6.45, 7) is 4.20. The molecule has 1 aromatic rings. The Bertz CT molecular complexity index is 355. The van der Waals surface area contributed by atoms with Crippen LogP contribution in [-0.2, 0) is 16.6 Å². The zero-order chi connectivity index (χ0) is 9.47. The van der Waals surface area contributed by atoms with Crippen LogP contribution in [0.3, 0.4) is 0 Å². The van der Waals surface area contributed by atoms with Crippen LogP contribution in [0.1, 0.15) is 31.5 Å². The molecule has 2 nitrogen and oxygen atoms in total. The van der Waals surface area contributed by atoms with Crippen molar-refractivity contribution < 1.29 is 4.79 Å². The number of hydrogen-bond donors (Lipinski definition) is 0. The van der Waals surface area contributed by atoms with Gasteiger partial charge in [-0.25, -0.2) is 0 Å². The van der Waals surface area contributed by atoms with Crippen LogP contribution in [0.25, 0.3) is 0 Å². The maximum atomic E-state index is 11.4. The van der Waals surface area contributed by atoms with Gasteiger partial charge in [0.1, 0.15) is 5.78 Å². The first-order valence-corrected chi connectivity index (χ1v) is 4.56. The smallest absolute Gasteiger partial charge is 0.139 e. The third kappa shape index (κ3) is 1.37. The molecule has 13 heavy (non-hydrogen) atoms. The lowest BCUT2D eigenvalue weighted by Gasteiger charge is -2.30. The first-order chi connectivity index (χ1) is 6.09. The zero-order valence-corrected chi connectivity index (χ0v) is 8.00. The summed E-state index contributed by atoms with van der Waals surface area (Å²) >= 11 is 0. The number of Topliss-reactive ketones (excluding diaryl/α,β-unsaturated/α-hetero) is 1. The van der Waals surface area contributed by atoms with Gasteiger partial charge in [0.05, 0.1) is 5.69 Å². The molecule has 0 N–H and O–H groups in total. The summed E-state index contributed by atoms with van der Waals surface area (Å²) < 4.78 is 0. The molecule has 1 heterocycles. The Morgan fingerprint density at radius 3 is 3.00 bits per heavy atom. The van der Waals surface area contributed by atoms with Gasteiger partial charge in [0, 0.05) is 19.0 Å². The van der Waals surface area contributed by atoms with E-state index in [9.17, 15) is 4.79 Å². The highest BCUT2D eigenvalue weighted by Crippen LogP contribution is 2.33. The summed E-state index contributed by atoms with van der Waals surface area (Å²) in [6, 6.07) is 4.02. The third-order valence-electron chi connectivity index (χ3n) is 2.62. The van der Waals surface area contributed by atoms with E-state index in [2.05, 4.69) is 24.9 Å². The van der Waals surface area contributed by atoms with Gasteiger partial charge in [0.25, 0.3) is 0 Å². The van der Waals surface area contributed by atoms with Crippen LogP contribution in [0.15, 0.2) is 18.3 Å². The maximum Gasteiger partial charge on any atom is 0.139 e. The number of hydrogen-bond acceptors (Lipinski definition) is 2. The van der Waals surface area contributed by atoms with E-state index < -0.39 is 0 Å². The largest absolute Gasteiger partial charge is 0.299 e. The number of aromatic nitrogens is 1. The standard InChI is InChI=1S/C11H13NO/c1-11(2)7-8(13)6-10-9(11)4-3-5-12-10/h3-5H,6-7H2,1-2H3. The third-order valence-corrected chi connectivity index (χ3v) is 2.62. The Balaban J connectivity index is 2.56. The number of carbonyl (C=O) groups excluding carboxylic acids is 1. The summed E-state index contributed by atoms with van der Waals surface area (Å²) in [5, 5.41) is 0. The second-order valence-corrected chi connectivity index (χ2v) is 4.27. The minimum absolute atomic E-state index is 0.0288. The molecule has 0 fully saturated rings. The topological polar surface area (TPSA) is 30.0 Å². The summed E-state index contributed by atoms with van der Waals surface area (Å²) in [4.78, 5) is 15.6. The molecule has 0 aromatic carbocycles. The van der Waals surface area contributed by atoms with Crippen molar-refractivity contribution in [2.24, 2.45) is 0 Å². The number of carbonyl (C=O) groups is 1. The van der Waals surface area contributed by atoms with Crippen molar-refractivity contribution in [1.82, 2.24) is 4.98 Å². The normalized spacial score (nSPS) is 19.7. The Hall–Kier alpha value is -1.18. The van der Waals surface area contributed by atoms with Crippen LogP contribution in [0.5, 0.6) is 0 Å². The number of fused-ring (bicyclic) bond motifs is 1. The van der Waals surface area contributed by atoms with E-state index in [1.165, 1.54) is 5.56 Å². The van der Waals surface area contributed by atoms with E-state index in [1.54, 1.807) is 6.20 Å². The fourth-order valence-electron chi connectivity index (χ4n) is 2.03. The van der Waals surface area contributed by atoms with Crippen molar-refractivity contribution in [3.8, 4) is 0 Å². The van der Waals surface area contributed by atoms with Crippen molar-refractivity contribution in [1.29, 1.82) is 0 Å². The van der Waals surface area contributed by atoms with Crippen molar-refractivity contribution in [3.63, 3.8) is 0 Å². The SMILES string of the molecule is CC1(C)CC(=O)Cc2ncccc21. The lowest BCUT2D eigenvalue weighted by atomic mass is 9.74. The first kappa shape index (κ1) is 8.42. The second kappa shape index (κ2) is 2.66. The van der Waals surface area contributed by atoms with Gasteiger partial charge in [-0.05, 0) is 17.0 Å². The van der Waals surface area contributed by atoms with Crippen LogP contribution in [0, 0.1) is 0 Å². The summed E-state index contributed by atoms with van der Waals surface area (Å²) in [5.74, 6) is 0.302. The van der Waals surface area contributed by atoms with Gasteiger partial charge in [-0.2, -0.15) is 0 Å². The van der Waals surface area contributed by atoms with Crippen LogP contribution in [-0.4, -0.2) is 10.8 Å². The maximum absolute atomic E-state index is 11.4. The summed E-state index contributed by atoms with van der Waals surface area (Å²) in [7, 11) is 0. The highest BCUT2D eigenvalue weighted by molar-refractivity contribution is 5.84. The van der Waals surface area contributed by atoms with Crippen LogP contribution >= 0.6 is 0 Å². The van der Waals surface area contributed by atoms with Gasteiger partial charge in [0.15, 0.2) is 0 Å². The van der Waals surface area contributed by atoms with Crippen molar-refractivity contribution in [2.75, 3.05) is 0 Å². The fourth-order valence-corrected chi connectivity index (χ4v) is 2.03. The molecule has 1 aliphatic carbocycles. The van der Waals surface area contributed by atoms with E-state index in [0.29, 0.717) is 18.6 Å². The lowest BCUT2D eigenvalue weighted by Crippen LogP contribution is -2.30. The Labute approximate surface area is 78.0 Å². The van der Waals surface area contributed by atoms with Crippen molar-refractivity contribution >= 4 is 5.78 Å². The first-order valence-electron chi connectivity index (χ1n) is 4.56. The Morgan fingerprint density at radius 2 is 2.23 bits per heavy atom. The summed E-state index contributed by atoms with van der Waals surface area (Å²) in [6.07, 6.45) is 2.92. The van der Waals surface area contributed by atoms with E-state index in [1.807, 2.05) is 6.07 Å². The lowest BCUT2D eigenvalue weighted by molar-refractivity contribution is -0.120. The molecule has 2 heteroatoms. The van der Waals surface area contributed by atoms with Crippen LogP contribution in [0.4, 0.5) is 0 Å². The van der Waals surface area contributed by atoms with Gasteiger partial charge in [0.2, 0.25) is 0 Å². The molecule has 0 aliphatic heterocycles. The zero-order valence-electron chi connectivity index (χ0n) is 8.00. The highest BCUT2D eigenvalue weighted by Gasteiger charge is 2.32. The molecule has 0 radical (unpaired) electrons. The fraction of sp³-hybridized carbons (Fsp3) is 0.455. The van der Waals surface area contributed by atoms with Gasteiger partial charge in [-0.15, -0.1) is 0 Å². The highest BCUT2D eigenvalue weighted by atomic mass is 16.1. The van der Waals surface area contributed by atoms with Crippen molar-refractivity contribution in [2.45, 2.75) is 32.1 Å². The van der Waals surface area contributed by atoms with Gasteiger partial charge in [-0.1, -0.05) is 19.9 Å². The van der Waals surface area contributed by atoms with Crippen LogP contribution < -0.4 is 0 Å². The molecular weight excluding hydrogens is 162 g/mol. The molecule has 68 valence electrons. The molecule has 0 spiro atoms. The summed E-state index contributed by atoms with van der Waals surface area (Å²) in [5.41, 5.74) is 2.16. The van der Waals surface area contributed by atoms with Gasteiger partial charge >= 0.3 is 0 Å². The molecule has 1 aromatic heterocycles. The predicted molar refractivity (Wildman–Crippen MR) is 50.6 cm³/mol. The molecule has 0 saturated carbocycles. The van der Waals surface area contributed by atoms with E-state index in [0.717, 1.165) is 5.69 Å². The molecule has 2 rings (SSSR count). The predicted octanol–water partition coefficient (Wildman–Crippen LogP) is 1.87. The minimum atomic E-state index is -0.0288. The van der Waals surface area contributed by atoms with Crippen LogP contribution in [0.2, 0.25) is 0 Å². The average molecular weight is 175 g/mol. The molecule has 0 atom stereocenters. The molecule has 0 bridgehead atoms. The molecule has 1 aliphatic rings. The molecule has 0 unspecified atom stereocenters. The number of pyridine rings is 1. The second-order valence-electron chi connectivity index (χ2n) is 4.27. The molecule has 0 amide bonds. The molecule has 0 saturated heterocycles. The van der Waals surface area contributed by atoms with E-state index >= 15 is 0 Å². The average Bonchev–Trinajstić information content (AvgIpc) is 2.02. The van der Waals surface area contributed by atoms with E-state index in [-0.39, 0.29) is 5.41 Å². The van der Waals surface area contributed by atoms with Crippen molar-refractivity contribution in [3.05, 3.63) is 29.6 Å². The quantitative estimate of drug-likeness (QED) is 0.602. The Kier molecular flexibility index (Phi) is 1.72. The number of nitrogens with zero attached hydrogens (tertiary/aromatic N) is 1. The van der Waals surface area contributed by atoms with Gasteiger partial charge in [-0.3, -0.25) is 9.78 Å². The number of rotatable bonds is 0. The monoisotopic (exact) mass is 175 g/mol. The van der Waals surface area contributed by atoms with E-state index in [4.69, 9.17) is 0 Å². The number of ketones is 1.